The summed E-state index contributed by atoms with van der Waals surface area (Å²) in [5.41, 5.74) is 3.15. The number of benzene rings is 1. The maximum absolute atomic E-state index is 3.55. The van der Waals surface area contributed by atoms with Crippen LogP contribution in [0.1, 0.15) is 43.7 Å². The topological polar surface area (TPSA) is 0 Å². The van der Waals surface area contributed by atoms with Crippen LogP contribution < -0.4 is 0 Å². The molecule has 0 bridgehead atoms. The Balaban J connectivity index is 2.40. The van der Waals surface area contributed by atoms with Gasteiger partial charge in [0.25, 0.3) is 0 Å². The standard InChI is InChI=1S/C13H17Br/c1-9(2)12-5-3-4-10-8-11(14)6-7-13(10)12/h6-9,12H,3-5H2,1-2H3. The maximum Gasteiger partial charge on any atom is 0.0178 e. The van der Waals surface area contributed by atoms with Gasteiger partial charge in [-0.3, -0.25) is 0 Å². The predicted octanol–water partition coefficient (Wildman–Crippen LogP) is 4.53. The number of hydrogen-bond acceptors (Lipinski definition) is 0. The SMILES string of the molecule is CC(C)C1CCCc2cc(Br)ccc21. The van der Waals surface area contributed by atoms with Crippen LogP contribution >= 0.6 is 15.9 Å². The van der Waals surface area contributed by atoms with Crippen LogP contribution in [-0.4, -0.2) is 0 Å². The normalized spacial score (nSPS) is 21.0. The summed E-state index contributed by atoms with van der Waals surface area (Å²) >= 11 is 3.55. The Morgan fingerprint density at radius 1 is 1.36 bits per heavy atom. The summed E-state index contributed by atoms with van der Waals surface area (Å²) in [6, 6.07) is 6.78. The first kappa shape index (κ1) is 10.2. The Kier molecular flexibility index (Phi) is 2.96. The molecule has 0 aliphatic heterocycles. The lowest BCUT2D eigenvalue weighted by atomic mass is 9.77. The summed E-state index contributed by atoms with van der Waals surface area (Å²) in [5.74, 6) is 1.56. The molecule has 1 unspecified atom stereocenters. The van der Waals surface area contributed by atoms with Crippen LogP contribution in [0, 0.1) is 5.92 Å². The van der Waals surface area contributed by atoms with Crippen molar-refractivity contribution in [2.24, 2.45) is 5.92 Å². The van der Waals surface area contributed by atoms with Crippen LogP contribution in [0.3, 0.4) is 0 Å². The van der Waals surface area contributed by atoms with Gasteiger partial charge in [-0.05, 0) is 54.4 Å². The van der Waals surface area contributed by atoms with Gasteiger partial charge in [0.05, 0.1) is 0 Å². The Morgan fingerprint density at radius 3 is 2.86 bits per heavy atom. The molecule has 0 saturated heterocycles. The van der Waals surface area contributed by atoms with E-state index >= 15 is 0 Å². The number of rotatable bonds is 1. The molecule has 0 heterocycles. The zero-order valence-electron chi connectivity index (χ0n) is 8.89. The molecule has 1 aliphatic carbocycles. The molecule has 0 spiro atoms. The molecule has 0 aromatic heterocycles. The molecular weight excluding hydrogens is 236 g/mol. The van der Waals surface area contributed by atoms with E-state index in [9.17, 15) is 0 Å². The van der Waals surface area contributed by atoms with Gasteiger partial charge in [0.15, 0.2) is 0 Å². The Morgan fingerprint density at radius 2 is 2.14 bits per heavy atom. The molecule has 2 rings (SSSR count). The molecule has 1 aliphatic rings. The van der Waals surface area contributed by atoms with Crippen molar-refractivity contribution in [3.63, 3.8) is 0 Å². The van der Waals surface area contributed by atoms with E-state index in [0.29, 0.717) is 0 Å². The minimum absolute atomic E-state index is 0.773. The molecular formula is C13H17Br. The Hall–Kier alpha value is -0.300. The van der Waals surface area contributed by atoms with E-state index in [0.717, 1.165) is 11.8 Å². The third-order valence-corrected chi connectivity index (χ3v) is 3.76. The van der Waals surface area contributed by atoms with Crippen LogP contribution in [0.5, 0.6) is 0 Å². The summed E-state index contributed by atoms with van der Waals surface area (Å²) in [4.78, 5) is 0. The second-order valence-electron chi connectivity index (χ2n) is 4.59. The molecule has 0 amide bonds. The average Bonchev–Trinajstić information content (AvgIpc) is 2.16. The molecule has 0 nitrogen and oxygen atoms in total. The van der Waals surface area contributed by atoms with E-state index in [1.165, 1.54) is 23.7 Å². The molecule has 76 valence electrons. The fraction of sp³-hybridized carbons (Fsp3) is 0.538. The summed E-state index contributed by atoms with van der Waals surface area (Å²) < 4.78 is 1.22. The number of aryl methyl sites for hydroxylation is 1. The fourth-order valence-electron chi connectivity index (χ4n) is 2.51. The van der Waals surface area contributed by atoms with Gasteiger partial charge in [-0.2, -0.15) is 0 Å². The van der Waals surface area contributed by atoms with Gasteiger partial charge in [-0.25, -0.2) is 0 Å². The molecule has 0 N–H and O–H groups in total. The van der Waals surface area contributed by atoms with Crippen LogP contribution in [0.25, 0.3) is 0 Å². The molecule has 14 heavy (non-hydrogen) atoms. The maximum atomic E-state index is 3.55. The summed E-state index contributed by atoms with van der Waals surface area (Å²) in [6.45, 7) is 4.67. The second kappa shape index (κ2) is 4.06. The minimum Gasteiger partial charge on any atom is -0.0622 e. The molecule has 1 atom stereocenters. The quantitative estimate of drug-likeness (QED) is 0.690. The number of halogens is 1. The lowest BCUT2D eigenvalue weighted by molar-refractivity contribution is 0.433. The van der Waals surface area contributed by atoms with Gasteiger partial charge in [-0.1, -0.05) is 35.8 Å². The first-order valence-electron chi connectivity index (χ1n) is 5.47. The van der Waals surface area contributed by atoms with Crippen molar-refractivity contribution in [1.82, 2.24) is 0 Å². The van der Waals surface area contributed by atoms with Crippen molar-refractivity contribution in [2.75, 3.05) is 0 Å². The van der Waals surface area contributed by atoms with Gasteiger partial charge in [-0.15, -0.1) is 0 Å². The first-order valence-corrected chi connectivity index (χ1v) is 6.26. The van der Waals surface area contributed by atoms with Crippen LogP contribution in [-0.2, 0) is 6.42 Å². The molecule has 0 saturated carbocycles. The smallest absolute Gasteiger partial charge is 0.0178 e. The largest absolute Gasteiger partial charge is 0.0622 e. The van der Waals surface area contributed by atoms with Gasteiger partial charge in [0.2, 0.25) is 0 Å². The highest BCUT2D eigenvalue weighted by Gasteiger charge is 2.22. The monoisotopic (exact) mass is 252 g/mol. The van der Waals surface area contributed by atoms with Crippen molar-refractivity contribution in [1.29, 1.82) is 0 Å². The number of fused-ring (bicyclic) bond motifs is 1. The van der Waals surface area contributed by atoms with E-state index in [4.69, 9.17) is 0 Å². The van der Waals surface area contributed by atoms with Gasteiger partial charge < -0.3 is 0 Å². The van der Waals surface area contributed by atoms with E-state index in [2.05, 4.69) is 48.0 Å². The highest BCUT2D eigenvalue weighted by molar-refractivity contribution is 9.10. The van der Waals surface area contributed by atoms with Crippen molar-refractivity contribution in [3.05, 3.63) is 33.8 Å². The zero-order chi connectivity index (χ0) is 10.1. The van der Waals surface area contributed by atoms with Crippen molar-refractivity contribution in [3.8, 4) is 0 Å². The van der Waals surface area contributed by atoms with Gasteiger partial charge in [0, 0.05) is 4.47 Å². The van der Waals surface area contributed by atoms with Gasteiger partial charge in [0.1, 0.15) is 0 Å². The minimum atomic E-state index is 0.773. The Bertz CT molecular complexity index is 328. The second-order valence-corrected chi connectivity index (χ2v) is 5.50. The average molecular weight is 253 g/mol. The van der Waals surface area contributed by atoms with E-state index in [1.807, 2.05) is 0 Å². The van der Waals surface area contributed by atoms with Crippen LogP contribution in [0.2, 0.25) is 0 Å². The molecule has 1 heteroatoms. The summed E-state index contributed by atoms with van der Waals surface area (Å²) in [7, 11) is 0. The highest BCUT2D eigenvalue weighted by Crippen LogP contribution is 2.37. The fourth-order valence-corrected chi connectivity index (χ4v) is 2.92. The molecule has 1 aromatic rings. The highest BCUT2D eigenvalue weighted by atomic mass is 79.9. The third kappa shape index (κ3) is 1.88. The lowest BCUT2D eigenvalue weighted by Crippen LogP contribution is -2.14. The van der Waals surface area contributed by atoms with E-state index < -0.39 is 0 Å². The van der Waals surface area contributed by atoms with E-state index in [-0.39, 0.29) is 0 Å². The molecule has 0 fully saturated rings. The first-order chi connectivity index (χ1) is 6.68. The zero-order valence-corrected chi connectivity index (χ0v) is 10.5. The third-order valence-electron chi connectivity index (χ3n) is 3.27. The molecule has 1 aromatic carbocycles. The van der Waals surface area contributed by atoms with Crippen molar-refractivity contribution in [2.45, 2.75) is 39.0 Å². The van der Waals surface area contributed by atoms with Crippen LogP contribution in [0.15, 0.2) is 22.7 Å². The summed E-state index contributed by atoms with van der Waals surface area (Å²) in [6.07, 6.45) is 3.98. The van der Waals surface area contributed by atoms with Crippen LogP contribution in [0.4, 0.5) is 0 Å². The number of hydrogen-bond donors (Lipinski definition) is 0. The summed E-state index contributed by atoms with van der Waals surface area (Å²) in [5, 5.41) is 0. The van der Waals surface area contributed by atoms with Crippen molar-refractivity contribution < 1.29 is 0 Å². The molecule has 0 radical (unpaired) electrons. The van der Waals surface area contributed by atoms with Crippen molar-refractivity contribution >= 4 is 15.9 Å². The Labute approximate surface area is 94.8 Å². The predicted molar refractivity (Wildman–Crippen MR) is 64.7 cm³/mol. The van der Waals surface area contributed by atoms with Gasteiger partial charge >= 0.3 is 0 Å². The van der Waals surface area contributed by atoms with E-state index in [1.54, 1.807) is 11.1 Å². The lowest BCUT2D eigenvalue weighted by Gasteiger charge is -2.28.